The standard InChI is InChI=1S/C15H18N2O4/c18-12-4-2-11(3-5-12)17-15(21)13-7-8-16-9-10(13)1-6-14(19)20/h1,6-9,11-12,18H,2-5H2,(H,17,21)(H,19,20). The van der Waals surface area contributed by atoms with Gasteiger partial charge in [0.15, 0.2) is 0 Å². The van der Waals surface area contributed by atoms with Crippen molar-refractivity contribution in [1.82, 2.24) is 10.3 Å². The molecule has 0 unspecified atom stereocenters. The lowest BCUT2D eigenvalue weighted by Gasteiger charge is -2.26. The molecule has 1 aromatic rings. The lowest BCUT2D eigenvalue weighted by molar-refractivity contribution is -0.131. The number of pyridine rings is 1. The number of aliphatic carboxylic acids is 1. The molecule has 1 amide bonds. The van der Waals surface area contributed by atoms with Gasteiger partial charge in [-0.05, 0) is 37.8 Å². The molecule has 1 aromatic heterocycles. The Bertz CT molecular complexity index is 548. The summed E-state index contributed by atoms with van der Waals surface area (Å²) < 4.78 is 0. The fourth-order valence-corrected chi connectivity index (χ4v) is 2.39. The van der Waals surface area contributed by atoms with Gasteiger partial charge in [0.05, 0.1) is 6.10 Å². The zero-order valence-corrected chi connectivity index (χ0v) is 11.5. The van der Waals surface area contributed by atoms with E-state index in [1.807, 2.05) is 0 Å². The molecule has 1 fully saturated rings. The van der Waals surface area contributed by atoms with Crippen molar-refractivity contribution >= 4 is 18.0 Å². The van der Waals surface area contributed by atoms with E-state index in [0.717, 1.165) is 18.9 Å². The highest BCUT2D eigenvalue weighted by Gasteiger charge is 2.21. The summed E-state index contributed by atoms with van der Waals surface area (Å²) in [6, 6.07) is 1.61. The van der Waals surface area contributed by atoms with Gasteiger partial charge in [-0.1, -0.05) is 0 Å². The molecule has 6 heteroatoms. The van der Waals surface area contributed by atoms with Crippen LogP contribution in [0.1, 0.15) is 41.6 Å². The monoisotopic (exact) mass is 290 g/mol. The van der Waals surface area contributed by atoms with Crippen LogP contribution in [0.15, 0.2) is 24.5 Å². The molecule has 1 heterocycles. The summed E-state index contributed by atoms with van der Waals surface area (Å²) in [5, 5.41) is 21.0. The summed E-state index contributed by atoms with van der Waals surface area (Å²) in [6.07, 6.45) is 7.89. The Hall–Kier alpha value is -2.21. The highest BCUT2D eigenvalue weighted by atomic mass is 16.4. The van der Waals surface area contributed by atoms with E-state index in [1.54, 1.807) is 6.07 Å². The molecule has 6 nitrogen and oxygen atoms in total. The van der Waals surface area contributed by atoms with Gasteiger partial charge in [0.2, 0.25) is 0 Å². The van der Waals surface area contributed by atoms with E-state index in [-0.39, 0.29) is 18.1 Å². The molecule has 0 saturated heterocycles. The molecule has 21 heavy (non-hydrogen) atoms. The number of carbonyl (C=O) groups is 2. The molecule has 0 spiro atoms. The molecule has 1 aliphatic rings. The SMILES string of the molecule is O=C(O)C=Cc1cnccc1C(=O)NC1CCC(O)CC1. The Kier molecular flexibility index (Phi) is 5.05. The maximum Gasteiger partial charge on any atom is 0.328 e. The summed E-state index contributed by atoms with van der Waals surface area (Å²) in [4.78, 5) is 26.8. The predicted molar refractivity (Wildman–Crippen MR) is 76.6 cm³/mol. The van der Waals surface area contributed by atoms with Gasteiger partial charge >= 0.3 is 5.97 Å². The van der Waals surface area contributed by atoms with Crippen LogP contribution in [-0.4, -0.2) is 39.2 Å². The van der Waals surface area contributed by atoms with E-state index in [2.05, 4.69) is 10.3 Å². The number of rotatable bonds is 4. The van der Waals surface area contributed by atoms with E-state index in [9.17, 15) is 14.7 Å². The number of aliphatic hydroxyl groups excluding tert-OH is 1. The third kappa shape index (κ3) is 4.39. The third-order valence-electron chi connectivity index (χ3n) is 3.53. The summed E-state index contributed by atoms with van der Waals surface area (Å²) in [7, 11) is 0. The number of hydrogen-bond acceptors (Lipinski definition) is 4. The molecule has 3 N–H and O–H groups in total. The van der Waals surface area contributed by atoms with Gasteiger partial charge in [0, 0.05) is 35.6 Å². The molecule has 0 aliphatic heterocycles. The molecule has 112 valence electrons. The van der Waals surface area contributed by atoms with Crippen LogP contribution in [0.4, 0.5) is 0 Å². The van der Waals surface area contributed by atoms with Crippen molar-refractivity contribution in [2.45, 2.75) is 37.8 Å². The minimum absolute atomic E-state index is 0.0466. The van der Waals surface area contributed by atoms with Crippen LogP contribution in [0.3, 0.4) is 0 Å². The van der Waals surface area contributed by atoms with Crippen LogP contribution in [0.25, 0.3) is 6.08 Å². The Morgan fingerprint density at radius 3 is 2.67 bits per heavy atom. The molecule has 0 radical (unpaired) electrons. The van der Waals surface area contributed by atoms with Crippen molar-refractivity contribution in [3.8, 4) is 0 Å². The first-order chi connectivity index (χ1) is 10.1. The van der Waals surface area contributed by atoms with Crippen LogP contribution in [0.2, 0.25) is 0 Å². The summed E-state index contributed by atoms with van der Waals surface area (Å²) in [5.41, 5.74) is 0.863. The molecular weight excluding hydrogens is 272 g/mol. The molecule has 1 aliphatic carbocycles. The first kappa shape index (κ1) is 15.2. The first-order valence-corrected chi connectivity index (χ1v) is 6.90. The first-order valence-electron chi connectivity index (χ1n) is 6.90. The Labute approximate surface area is 122 Å². The maximum absolute atomic E-state index is 12.3. The van der Waals surface area contributed by atoms with Crippen LogP contribution in [-0.2, 0) is 4.79 Å². The normalized spacial score (nSPS) is 22.1. The van der Waals surface area contributed by atoms with Crippen molar-refractivity contribution in [3.05, 3.63) is 35.7 Å². The number of aromatic nitrogens is 1. The van der Waals surface area contributed by atoms with Crippen molar-refractivity contribution in [2.75, 3.05) is 0 Å². The van der Waals surface area contributed by atoms with Gasteiger partial charge in [0.25, 0.3) is 5.91 Å². The molecule has 0 atom stereocenters. The van der Waals surface area contributed by atoms with Crippen LogP contribution in [0.5, 0.6) is 0 Å². The molecular formula is C15H18N2O4. The fourth-order valence-electron chi connectivity index (χ4n) is 2.39. The van der Waals surface area contributed by atoms with Gasteiger partial charge in [-0.2, -0.15) is 0 Å². The number of nitrogens with zero attached hydrogens (tertiary/aromatic N) is 1. The quantitative estimate of drug-likeness (QED) is 0.724. The largest absolute Gasteiger partial charge is 0.478 e. The summed E-state index contributed by atoms with van der Waals surface area (Å²) >= 11 is 0. The highest BCUT2D eigenvalue weighted by molar-refractivity contribution is 5.98. The minimum Gasteiger partial charge on any atom is -0.478 e. The molecule has 0 aromatic carbocycles. The van der Waals surface area contributed by atoms with Gasteiger partial charge in [0.1, 0.15) is 0 Å². The molecule has 1 saturated carbocycles. The third-order valence-corrected chi connectivity index (χ3v) is 3.53. The van der Waals surface area contributed by atoms with Gasteiger partial charge < -0.3 is 15.5 Å². The van der Waals surface area contributed by atoms with Crippen molar-refractivity contribution in [3.63, 3.8) is 0 Å². The number of aliphatic hydroxyl groups is 1. The fraction of sp³-hybridized carbons (Fsp3) is 0.400. The van der Waals surface area contributed by atoms with Crippen molar-refractivity contribution in [1.29, 1.82) is 0 Å². The molecule has 0 bridgehead atoms. The van der Waals surface area contributed by atoms with Crippen LogP contribution >= 0.6 is 0 Å². The van der Waals surface area contributed by atoms with Crippen molar-refractivity contribution < 1.29 is 19.8 Å². The second kappa shape index (κ2) is 6.99. The van der Waals surface area contributed by atoms with E-state index in [1.165, 1.54) is 18.5 Å². The predicted octanol–water partition coefficient (Wildman–Crippen LogP) is 1.21. The number of carboxylic acids is 1. The number of carbonyl (C=O) groups excluding carboxylic acids is 1. The van der Waals surface area contributed by atoms with Crippen LogP contribution < -0.4 is 5.32 Å². The number of carboxylic acid groups (broad SMARTS) is 1. The zero-order chi connectivity index (χ0) is 15.2. The van der Waals surface area contributed by atoms with E-state index < -0.39 is 5.97 Å². The van der Waals surface area contributed by atoms with E-state index in [4.69, 9.17) is 5.11 Å². The zero-order valence-electron chi connectivity index (χ0n) is 11.5. The average molecular weight is 290 g/mol. The minimum atomic E-state index is -1.08. The van der Waals surface area contributed by atoms with Gasteiger partial charge in [-0.3, -0.25) is 9.78 Å². The second-order valence-electron chi connectivity index (χ2n) is 5.11. The highest BCUT2D eigenvalue weighted by Crippen LogP contribution is 2.19. The number of hydrogen-bond donors (Lipinski definition) is 3. The van der Waals surface area contributed by atoms with Crippen molar-refractivity contribution in [2.24, 2.45) is 0 Å². The smallest absolute Gasteiger partial charge is 0.328 e. The average Bonchev–Trinajstić information content (AvgIpc) is 2.47. The lowest BCUT2D eigenvalue weighted by atomic mass is 9.93. The maximum atomic E-state index is 12.3. The van der Waals surface area contributed by atoms with Gasteiger partial charge in [-0.15, -0.1) is 0 Å². The lowest BCUT2D eigenvalue weighted by Crippen LogP contribution is -2.38. The second-order valence-corrected chi connectivity index (χ2v) is 5.11. The number of nitrogens with one attached hydrogen (secondary N) is 1. The van der Waals surface area contributed by atoms with E-state index in [0.29, 0.717) is 24.0 Å². The topological polar surface area (TPSA) is 99.5 Å². The molecule has 2 rings (SSSR count). The Morgan fingerprint density at radius 1 is 1.29 bits per heavy atom. The summed E-state index contributed by atoms with van der Waals surface area (Å²) in [5.74, 6) is -1.32. The number of amides is 1. The van der Waals surface area contributed by atoms with Crippen LogP contribution in [0, 0.1) is 0 Å². The summed E-state index contributed by atoms with van der Waals surface area (Å²) in [6.45, 7) is 0. The Morgan fingerprint density at radius 2 is 2.00 bits per heavy atom. The Balaban J connectivity index is 2.07. The van der Waals surface area contributed by atoms with E-state index >= 15 is 0 Å². The van der Waals surface area contributed by atoms with Gasteiger partial charge in [-0.25, -0.2) is 4.79 Å².